The highest BCUT2D eigenvalue weighted by molar-refractivity contribution is 5.71. The summed E-state index contributed by atoms with van der Waals surface area (Å²) >= 11 is 0. The topological polar surface area (TPSA) is 70.9 Å². The van der Waals surface area contributed by atoms with Gasteiger partial charge in [0.2, 0.25) is 0 Å². The fourth-order valence-corrected chi connectivity index (χ4v) is 4.00. The Morgan fingerprint density at radius 3 is 2.32 bits per heavy atom. The monoisotopic (exact) mass is 333 g/mol. The van der Waals surface area contributed by atoms with E-state index in [1.807, 2.05) is 13.0 Å². The molecule has 2 atom stereocenters. The fraction of sp³-hybridized carbons (Fsp3) is 0.389. The molecule has 2 saturated heterocycles. The number of pyridine rings is 1. The Morgan fingerprint density at radius 2 is 1.56 bits per heavy atom. The van der Waals surface area contributed by atoms with Gasteiger partial charge in [-0.25, -0.2) is 19.9 Å². The van der Waals surface area contributed by atoms with Crippen LogP contribution in [0.5, 0.6) is 0 Å². The average Bonchev–Trinajstić information content (AvgIpc) is 3.20. The highest BCUT2D eigenvalue weighted by atomic mass is 15.3. The van der Waals surface area contributed by atoms with Crippen molar-refractivity contribution in [1.82, 2.24) is 24.9 Å². The first-order valence-electron chi connectivity index (χ1n) is 8.62. The van der Waals surface area contributed by atoms with Crippen LogP contribution < -0.4 is 9.80 Å². The largest absolute Gasteiger partial charge is 0.356 e. The third kappa shape index (κ3) is 2.56. The minimum Gasteiger partial charge on any atom is -0.356 e. The lowest BCUT2D eigenvalue weighted by atomic mass is 10.0. The van der Waals surface area contributed by atoms with E-state index in [2.05, 4.69) is 41.9 Å². The number of aryl methyl sites for hydroxylation is 1. The van der Waals surface area contributed by atoms with E-state index in [4.69, 9.17) is 4.98 Å². The lowest BCUT2D eigenvalue weighted by molar-refractivity contribution is 0.533. The second kappa shape index (κ2) is 5.61. The van der Waals surface area contributed by atoms with Crippen LogP contribution in [0.15, 0.2) is 36.9 Å². The number of hydrogen-bond donors (Lipinski definition) is 0. The number of hydrogen-bond acceptors (Lipinski definition) is 7. The van der Waals surface area contributed by atoms with Crippen molar-refractivity contribution in [2.24, 2.45) is 11.8 Å². The molecule has 2 fully saturated rings. The quantitative estimate of drug-likeness (QED) is 0.707. The van der Waals surface area contributed by atoms with Gasteiger partial charge in [-0.1, -0.05) is 0 Å². The van der Waals surface area contributed by atoms with E-state index in [1.165, 1.54) is 0 Å². The molecule has 0 aliphatic carbocycles. The summed E-state index contributed by atoms with van der Waals surface area (Å²) in [5.41, 5.74) is 2.58. The maximum absolute atomic E-state index is 4.69. The van der Waals surface area contributed by atoms with Crippen molar-refractivity contribution in [3.8, 4) is 0 Å². The van der Waals surface area contributed by atoms with Gasteiger partial charge in [0, 0.05) is 62.2 Å². The third-order valence-electron chi connectivity index (χ3n) is 5.24. The Labute approximate surface area is 145 Å². The van der Waals surface area contributed by atoms with E-state index in [-0.39, 0.29) is 0 Å². The summed E-state index contributed by atoms with van der Waals surface area (Å²) in [6, 6.07) is 6.14. The molecule has 126 valence electrons. The third-order valence-corrected chi connectivity index (χ3v) is 5.24. The molecular weight excluding hydrogens is 314 g/mol. The number of fused-ring (bicyclic) bond motifs is 2. The van der Waals surface area contributed by atoms with Crippen LogP contribution in [-0.4, -0.2) is 51.1 Å². The number of nitrogens with zero attached hydrogens (tertiary/aromatic N) is 7. The van der Waals surface area contributed by atoms with E-state index in [0.29, 0.717) is 11.8 Å². The molecular formula is C18H19N7. The first-order chi connectivity index (χ1) is 12.3. The molecule has 7 nitrogen and oxygen atoms in total. The maximum Gasteiger partial charge on any atom is 0.180 e. The Morgan fingerprint density at radius 1 is 0.840 bits per heavy atom. The maximum atomic E-state index is 4.69. The molecule has 0 amide bonds. The molecule has 0 saturated carbocycles. The van der Waals surface area contributed by atoms with Crippen molar-refractivity contribution in [3.05, 3.63) is 42.6 Å². The number of aromatic nitrogens is 5. The van der Waals surface area contributed by atoms with E-state index < -0.39 is 0 Å². The molecule has 7 heteroatoms. The van der Waals surface area contributed by atoms with Gasteiger partial charge in [-0.3, -0.25) is 4.98 Å². The molecule has 5 heterocycles. The first-order valence-corrected chi connectivity index (χ1v) is 8.62. The van der Waals surface area contributed by atoms with Crippen molar-refractivity contribution in [3.63, 3.8) is 0 Å². The minimum absolute atomic E-state index is 0.648. The van der Waals surface area contributed by atoms with Gasteiger partial charge in [-0.15, -0.1) is 0 Å². The van der Waals surface area contributed by atoms with Crippen molar-refractivity contribution < 1.29 is 0 Å². The highest BCUT2D eigenvalue weighted by Gasteiger charge is 2.40. The minimum atomic E-state index is 0.648. The van der Waals surface area contributed by atoms with Crippen LogP contribution in [0.1, 0.15) is 5.69 Å². The van der Waals surface area contributed by atoms with Crippen molar-refractivity contribution in [2.45, 2.75) is 6.92 Å². The molecule has 0 spiro atoms. The summed E-state index contributed by atoms with van der Waals surface area (Å²) in [5.74, 6) is 3.35. The molecule has 0 bridgehead atoms. The van der Waals surface area contributed by atoms with E-state index in [1.54, 1.807) is 18.7 Å². The Balaban J connectivity index is 1.33. The lowest BCUT2D eigenvalue weighted by Crippen LogP contribution is -2.29. The molecule has 25 heavy (non-hydrogen) atoms. The summed E-state index contributed by atoms with van der Waals surface area (Å²) < 4.78 is 0. The molecule has 0 aromatic carbocycles. The normalized spacial score (nSPS) is 22.6. The summed E-state index contributed by atoms with van der Waals surface area (Å²) in [7, 11) is 0. The zero-order valence-electron chi connectivity index (χ0n) is 14.1. The molecule has 3 aromatic rings. The van der Waals surface area contributed by atoms with Crippen LogP contribution in [0.2, 0.25) is 0 Å². The fourth-order valence-electron chi connectivity index (χ4n) is 4.00. The van der Waals surface area contributed by atoms with Gasteiger partial charge in [0.1, 0.15) is 23.5 Å². The van der Waals surface area contributed by atoms with Gasteiger partial charge in [0.15, 0.2) is 5.65 Å². The van der Waals surface area contributed by atoms with Crippen molar-refractivity contribution >= 4 is 22.8 Å². The van der Waals surface area contributed by atoms with Crippen LogP contribution in [0.3, 0.4) is 0 Å². The van der Waals surface area contributed by atoms with E-state index in [9.17, 15) is 0 Å². The van der Waals surface area contributed by atoms with E-state index >= 15 is 0 Å². The average molecular weight is 333 g/mol. The van der Waals surface area contributed by atoms with Gasteiger partial charge >= 0.3 is 0 Å². The summed E-state index contributed by atoms with van der Waals surface area (Å²) in [6.45, 7) is 6.17. The molecule has 3 aromatic heterocycles. The molecule has 5 rings (SSSR count). The second-order valence-electron chi connectivity index (χ2n) is 6.92. The lowest BCUT2D eigenvalue weighted by Gasteiger charge is -2.23. The Hall–Kier alpha value is -2.83. The van der Waals surface area contributed by atoms with Crippen LogP contribution >= 0.6 is 0 Å². The molecule has 2 unspecified atom stereocenters. The van der Waals surface area contributed by atoms with Gasteiger partial charge in [0.05, 0.1) is 0 Å². The van der Waals surface area contributed by atoms with Crippen molar-refractivity contribution in [1.29, 1.82) is 0 Å². The Kier molecular flexibility index (Phi) is 3.26. The van der Waals surface area contributed by atoms with Crippen LogP contribution in [0.25, 0.3) is 11.2 Å². The zero-order chi connectivity index (χ0) is 16.8. The summed E-state index contributed by atoms with van der Waals surface area (Å²) in [4.78, 5) is 26.7. The molecule has 0 N–H and O–H groups in total. The predicted octanol–water partition coefficient (Wildman–Crippen LogP) is 1.70. The zero-order valence-corrected chi connectivity index (χ0v) is 14.1. The first kappa shape index (κ1) is 14.5. The molecule has 0 radical (unpaired) electrons. The highest BCUT2D eigenvalue weighted by Crippen LogP contribution is 2.35. The van der Waals surface area contributed by atoms with Gasteiger partial charge in [-0.05, 0) is 19.1 Å². The van der Waals surface area contributed by atoms with Crippen LogP contribution in [-0.2, 0) is 0 Å². The van der Waals surface area contributed by atoms with Crippen molar-refractivity contribution in [2.75, 3.05) is 36.0 Å². The Bertz CT molecular complexity index is 914. The molecule has 2 aliphatic heterocycles. The standard InChI is InChI=1S/C18H19N7/c1-12-6-17(22-11-21-12)25-9-13-7-24(8-14(13)10-25)16-3-2-15-18(23-16)20-5-4-19-15/h2-6,11,13-14H,7-10H2,1H3. The number of anilines is 2. The van der Waals surface area contributed by atoms with Crippen LogP contribution in [0.4, 0.5) is 11.6 Å². The molecule has 2 aliphatic rings. The van der Waals surface area contributed by atoms with Gasteiger partial charge < -0.3 is 9.80 Å². The summed E-state index contributed by atoms with van der Waals surface area (Å²) in [6.07, 6.45) is 5.05. The number of rotatable bonds is 2. The van der Waals surface area contributed by atoms with Gasteiger partial charge in [-0.2, -0.15) is 0 Å². The van der Waals surface area contributed by atoms with E-state index in [0.717, 1.165) is 54.7 Å². The van der Waals surface area contributed by atoms with Gasteiger partial charge in [0.25, 0.3) is 0 Å². The van der Waals surface area contributed by atoms with Crippen LogP contribution in [0, 0.1) is 18.8 Å². The summed E-state index contributed by atoms with van der Waals surface area (Å²) in [5, 5.41) is 0. The predicted molar refractivity (Wildman–Crippen MR) is 95.5 cm³/mol. The smallest absolute Gasteiger partial charge is 0.180 e. The second-order valence-corrected chi connectivity index (χ2v) is 6.92. The SMILES string of the molecule is Cc1cc(N2CC3CN(c4ccc5nccnc5n4)CC3C2)ncn1.